The summed E-state index contributed by atoms with van der Waals surface area (Å²) in [6.45, 7) is 3.69. The van der Waals surface area contributed by atoms with Crippen molar-refractivity contribution >= 4 is 19.8 Å². The van der Waals surface area contributed by atoms with Crippen molar-refractivity contribution in [2.75, 3.05) is 47.5 Å². The van der Waals surface area contributed by atoms with Crippen LogP contribution >= 0.6 is 7.82 Å². The quantitative estimate of drug-likeness (QED) is 0.0155. The fourth-order valence-electron chi connectivity index (χ4n) is 5.17. The molecule has 0 radical (unpaired) electrons. The van der Waals surface area contributed by atoms with Crippen molar-refractivity contribution in [3.8, 4) is 0 Å². The Morgan fingerprint density at radius 3 is 1.86 bits per heavy atom. The first-order valence-electron chi connectivity index (χ1n) is 21.5. The maximum Gasteiger partial charge on any atom is 0.306 e. The summed E-state index contributed by atoms with van der Waals surface area (Å²) in [6.07, 6.45) is 39.7. The van der Waals surface area contributed by atoms with Crippen LogP contribution in [-0.4, -0.2) is 92.5 Å². The van der Waals surface area contributed by atoms with E-state index in [9.17, 15) is 29.3 Å². The fourth-order valence-corrected chi connectivity index (χ4v) is 5.90. The number of likely N-dealkylation sites (N-methyl/N-ethyl adjacent to an activating group) is 1. The topological polar surface area (TPSA) is 152 Å². The lowest BCUT2D eigenvalue weighted by Gasteiger charge is -2.28. The number of allylic oxidation sites excluding steroid dienone is 12. The molecule has 0 aromatic carbocycles. The van der Waals surface area contributed by atoms with E-state index in [0.717, 1.165) is 77.0 Å². The van der Waals surface area contributed by atoms with E-state index in [1.165, 1.54) is 0 Å². The molecule has 4 atom stereocenters. The van der Waals surface area contributed by atoms with Crippen LogP contribution in [0.4, 0.5) is 0 Å². The van der Waals surface area contributed by atoms with Gasteiger partial charge in [0.15, 0.2) is 6.10 Å². The molecule has 0 heterocycles. The Labute approximate surface area is 351 Å². The number of rotatable bonds is 37. The second-order valence-corrected chi connectivity index (χ2v) is 16.8. The molecule has 2 N–H and O–H groups in total. The lowest BCUT2D eigenvalue weighted by Crippen LogP contribution is -2.37. The maximum atomic E-state index is 12.7. The van der Waals surface area contributed by atoms with Crippen LogP contribution < -0.4 is 4.89 Å². The highest BCUT2D eigenvalue weighted by Gasteiger charge is 2.22. The summed E-state index contributed by atoms with van der Waals surface area (Å²) in [7, 11) is 0.992. The molecule has 11 nitrogen and oxygen atoms in total. The number of phosphoric acid groups is 1. The Balaban J connectivity index is 4.67. The van der Waals surface area contributed by atoms with Gasteiger partial charge in [-0.15, -0.1) is 0 Å². The number of aliphatic hydroxyl groups excluding tert-OH is 2. The molecule has 12 heteroatoms. The van der Waals surface area contributed by atoms with Crippen LogP contribution in [0.15, 0.2) is 85.1 Å². The van der Waals surface area contributed by atoms with Gasteiger partial charge in [0.25, 0.3) is 7.82 Å². The molecule has 0 saturated heterocycles. The molecule has 0 saturated carbocycles. The average Bonchev–Trinajstić information content (AvgIpc) is 3.16. The Kier molecular flexibility index (Phi) is 35.3. The van der Waals surface area contributed by atoms with Gasteiger partial charge in [0.2, 0.25) is 0 Å². The van der Waals surface area contributed by atoms with Crippen LogP contribution in [0.2, 0.25) is 0 Å². The number of ether oxygens (including phenoxy) is 2. The van der Waals surface area contributed by atoms with Gasteiger partial charge in [-0.1, -0.05) is 137 Å². The predicted molar refractivity (Wildman–Crippen MR) is 234 cm³/mol. The molecule has 0 aromatic heterocycles. The third kappa shape index (κ3) is 39.9. The second-order valence-electron chi connectivity index (χ2n) is 15.4. The zero-order chi connectivity index (χ0) is 43.2. The number of hydrogen-bond acceptors (Lipinski definition) is 10. The zero-order valence-corrected chi connectivity index (χ0v) is 37.3. The number of aliphatic hydroxyl groups is 2. The Morgan fingerprint density at radius 2 is 1.22 bits per heavy atom. The zero-order valence-electron chi connectivity index (χ0n) is 36.4. The van der Waals surface area contributed by atoms with Gasteiger partial charge in [-0.2, -0.15) is 0 Å². The van der Waals surface area contributed by atoms with Gasteiger partial charge in [-0.05, 0) is 64.2 Å². The van der Waals surface area contributed by atoms with Gasteiger partial charge in [-0.3, -0.25) is 14.2 Å². The third-order valence-electron chi connectivity index (χ3n) is 8.61. The van der Waals surface area contributed by atoms with E-state index < -0.39 is 44.7 Å². The largest absolute Gasteiger partial charge is 0.756 e. The standard InChI is InChI=1S/C46H78NO10P/c1-6-8-10-11-12-13-14-15-16-17-18-19-23-26-30-36-45(50)54-40-44(41-56-58(52,53)55-39-38-47(3,4)5)57-46(51)37-31-35-43(49)34-29-25-22-20-21-24-28-33-42(48)32-27-9-7-2/h8,10,12-13,15-16,21-22,24-25,28-29,33-34,42-44,48-49H,6-7,9,11,14,17-20,23,26-27,30-32,35-41H2,1-5H3/b10-8-,13-12-,16-15-,24-21-,25-22-,33-28+,34-29+/t42-,43-,44-/m1/s1. The van der Waals surface area contributed by atoms with Crippen molar-refractivity contribution in [2.24, 2.45) is 0 Å². The molecule has 0 aliphatic carbocycles. The number of hydrogen-bond donors (Lipinski definition) is 2. The molecule has 0 aliphatic rings. The van der Waals surface area contributed by atoms with Crippen LogP contribution in [0, 0.1) is 0 Å². The minimum Gasteiger partial charge on any atom is -0.756 e. The molecular weight excluding hydrogens is 757 g/mol. The molecule has 0 rings (SSSR count). The first-order valence-corrected chi connectivity index (χ1v) is 23.0. The van der Waals surface area contributed by atoms with Crippen molar-refractivity contribution in [2.45, 2.75) is 148 Å². The Bertz CT molecular complexity index is 1300. The molecule has 0 bridgehead atoms. The second kappa shape index (κ2) is 37.1. The van der Waals surface area contributed by atoms with E-state index in [0.29, 0.717) is 36.7 Å². The maximum absolute atomic E-state index is 12.7. The smallest absolute Gasteiger partial charge is 0.306 e. The molecule has 1 unspecified atom stereocenters. The molecule has 0 aliphatic heterocycles. The molecule has 0 amide bonds. The number of carbonyl (C=O) groups excluding carboxylic acids is 2. The number of nitrogens with zero attached hydrogens (tertiary/aromatic N) is 1. The van der Waals surface area contributed by atoms with Crippen molar-refractivity contribution in [1.29, 1.82) is 0 Å². The van der Waals surface area contributed by atoms with Crippen molar-refractivity contribution in [3.63, 3.8) is 0 Å². The van der Waals surface area contributed by atoms with Crippen molar-refractivity contribution in [3.05, 3.63) is 85.1 Å². The molecule has 332 valence electrons. The number of carbonyl (C=O) groups is 2. The normalized spacial score (nSPS) is 15.5. The highest BCUT2D eigenvalue weighted by Crippen LogP contribution is 2.38. The van der Waals surface area contributed by atoms with E-state index in [2.05, 4.69) is 50.3 Å². The first-order chi connectivity index (χ1) is 27.8. The van der Waals surface area contributed by atoms with Crippen molar-refractivity contribution < 1.29 is 52.3 Å². The molecule has 0 aromatic rings. The van der Waals surface area contributed by atoms with E-state index in [1.807, 2.05) is 51.5 Å². The number of phosphoric ester groups is 1. The molecular formula is C46H78NO10P. The molecule has 0 fully saturated rings. The van der Waals surface area contributed by atoms with Crippen LogP contribution in [0.5, 0.6) is 0 Å². The highest BCUT2D eigenvalue weighted by atomic mass is 31.2. The van der Waals surface area contributed by atoms with Crippen LogP contribution in [0.1, 0.15) is 129 Å². The summed E-state index contributed by atoms with van der Waals surface area (Å²) >= 11 is 0. The van der Waals surface area contributed by atoms with Gasteiger partial charge in [0.05, 0.1) is 40.0 Å². The lowest BCUT2D eigenvalue weighted by molar-refractivity contribution is -0.870. The highest BCUT2D eigenvalue weighted by molar-refractivity contribution is 7.45. The van der Waals surface area contributed by atoms with E-state index in [-0.39, 0.29) is 26.1 Å². The van der Waals surface area contributed by atoms with Gasteiger partial charge in [0, 0.05) is 12.8 Å². The number of unbranched alkanes of at least 4 members (excludes halogenated alkanes) is 7. The minimum absolute atomic E-state index is 0.0321. The molecule has 58 heavy (non-hydrogen) atoms. The Morgan fingerprint density at radius 1 is 0.655 bits per heavy atom. The van der Waals surface area contributed by atoms with Gasteiger partial charge in [-0.25, -0.2) is 0 Å². The number of quaternary nitrogens is 1. The summed E-state index contributed by atoms with van der Waals surface area (Å²) in [5, 5.41) is 20.2. The van der Waals surface area contributed by atoms with E-state index in [1.54, 1.807) is 18.2 Å². The third-order valence-corrected chi connectivity index (χ3v) is 9.57. The van der Waals surface area contributed by atoms with Gasteiger partial charge >= 0.3 is 11.9 Å². The summed E-state index contributed by atoms with van der Waals surface area (Å²) in [4.78, 5) is 37.5. The van der Waals surface area contributed by atoms with Gasteiger partial charge < -0.3 is 38.1 Å². The van der Waals surface area contributed by atoms with Crippen LogP contribution in [0.3, 0.4) is 0 Å². The number of esters is 2. The van der Waals surface area contributed by atoms with Crippen LogP contribution in [0.25, 0.3) is 0 Å². The van der Waals surface area contributed by atoms with Crippen LogP contribution in [-0.2, 0) is 32.7 Å². The Hall–Kier alpha value is -2.89. The predicted octanol–water partition coefficient (Wildman–Crippen LogP) is 9.33. The first kappa shape index (κ1) is 55.1. The minimum atomic E-state index is -4.70. The SMILES string of the molecule is CC/C=C\C/C=C\C/C=C\CCCCCCCC(=O)OC[C@H](COP(=O)([O-])OCC[N+](C)(C)C)OC(=O)CCC[C@H](O)/C=C/C=C\C/C=C\C=C\[C@H](O)CCCCC. The summed E-state index contributed by atoms with van der Waals surface area (Å²) in [5.74, 6) is -1.09. The van der Waals surface area contributed by atoms with E-state index in [4.69, 9.17) is 18.5 Å². The lowest BCUT2D eigenvalue weighted by atomic mass is 10.1. The fraction of sp³-hybridized carbons (Fsp3) is 0.652. The summed E-state index contributed by atoms with van der Waals surface area (Å²) in [5.41, 5.74) is 0. The summed E-state index contributed by atoms with van der Waals surface area (Å²) < 4.78 is 33.6. The average molecular weight is 836 g/mol. The van der Waals surface area contributed by atoms with Crippen molar-refractivity contribution in [1.82, 2.24) is 0 Å². The molecule has 0 spiro atoms. The summed E-state index contributed by atoms with van der Waals surface area (Å²) in [6, 6.07) is 0. The van der Waals surface area contributed by atoms with E-state index >= 15 is 0 Å². The monoisotopic (exact) mass is 836 g/mol. The van der Waals surface area contributed by atoms with Gasteiger partial charge in [0.1, 0.15) is 19.8 Å².